The molecular formula is C10H11BrN2O2. The van der Waals surface area contributed by atoms with Crippen LogP contribution in [0.25, 0.3) is 0 Å². The van der Waals surface area contributed by atoms with Gasteiger partial charge in [0.2, 0.25) is 0 Å². The van der Waals surface area contributed by atoms with Gasteiger partial charge in [-0.3, -0.25) is 10.1 Å². The van der Waals surface area contributed by atoms with Gasteiger partial charge in [0.1, 0.15) is 0 Å². The SMILES string of the molecule is O=[N+]([O-])c1cc(Br)cc(C2CCCN2)c1. The van der Waals surface area contributed by atoms with Gasteiger partial charge in [-0.25, -0.2) is 0 Å². The van der Waals surface area contributed by atoms with Crippen LogP contribution in [0.15, 0.2) is 22.7 Å². The van der Waals surface area contributed by atoms with Gasteiger partial charge in [-0.2, -0.15) is 0 Å². The first kappa shape index (κ1) is 10.6. The Hall–Kier alpha value is -0.940. The van der Waals surface area contributed by atoms with Crippen molar-refractivity contribution in [2.75, 3.05) is 6.54 Å². The van der Waals surface area contributed by atoms with E-state index in [4.69, 9.17) is 0 Å². The van der Waals surface area contributed by atoms with Crippen molar-refractivity contribution in [2.24, 2.45) is 0 Å². The molecule has 1 fully saturated rings. The van der Waals surface area contributed by atoms with Crippen molar-refractivity contribution < 1.29 is 4.92 Å². The molecule has 1 aliphatic rings. The number of nitro benzene ring substituents is 1. The van der Waals surface area contributed by atoms with E-state index in [1.165, 1.54) is 6.07 Å². The lowest BCUT2D eigenvalue weighted by atomic mass is 10.1. The smallest absolute Gasteiger partial charge is 0.270 e. The lowest BCUT2D eigenvalue weighted by molar-refractivity contribution is -0.385. The van der Waals surface area contributed by atoms with E-state index in [-0.39, 0.29) is 16.7 Å². The fraction of sp³-hybridized carbons (Fsp3) is 0.400. The Balaban J connectivity index is 2.34. The molecule has 4 nitrogen and oxygen atoms in total. The lowest BCUT2D eigenvalue weighted by Crippen LogP contribution is -2.12. The molecular weight excluding hydrogens is 260 g/mol. The lowest BCUT2D eigenvalue weighted by Gasteiger charge is -2.10. The van der Waals surface area contributed by atoms with Crippen LogP contribution in [-0.4, -0.2) is 11.5 Å². The van der Waals surface area contributed by atoms with Gasteiger partial charge in [0.25, 0.3) is 5.69 Å². The van der Waals surface area contributed by atoms with Gasteiger partial charge >= 0.3 is 0 Å². The van der Waals surface area contributed by atoms with E-state index >= 15 is 0 Å². The molecule has 0 amide bonds. The van der Waals surface area contributed by atoms with E-state index < -0.39 is 0 Å². The summed E-state index contributed by atoms with van der Waals surface area (Å²) in [5, 5.41) is 14.0. The molecule has 15 heavy (non-hydrogen) atoms. The Morgan fingerprint density at radius 1 is 1.47 bits per heavy atom. The Bertz CT molecular complexity index is 389. The van der Waals surface area contributed by atoms with Crippen LogP contribution in [-0.2, 0) is 0 Å². The normalized spacial score (nSPS) is 20.5. The number of halogens is 1. The molecule has 1 N–H and O–H groups in total. The maximum absolute atomic E-state index is 10.7. The molecule has 1 heterocycles. The molecule has 0 spiro atoms. The van der Waals surface area contributed by atoms with Crippen LogP contribution in [0.5, 0.6) is 0 Å². The predicted octanol–water partition coefficient (Wildman–Crippen LogP) is 2.78. The number of rotatable bonds is 2. The molecule has 0 bridgehead atoms. The molecule has 80 valence electrons. The maximum atomic E-state index is 10.7. The zero-order valence-corrected chi connectivity index (χ0v) is 9.66. The van der Waals surface area contributed by atoms with Crippen molar-refractivity contribution in [3.63, 3.8) is 0 Å². The third-order valence-electron chi connectivity index (χ3n) is 2.58. The second-order valence-corrected chi connectivity index (χ2v) is 4.56. The summed E-state index contributed by atoms with van der Waals surface area (Å²) in [6, 6.07) is 5.38. The minimum Gasteiger partial charge on any atom is -0.310 e. The topological polar surface area (TPSA) is 55.2 Å². The number of nitro groups is 1. The quantitative estimate of drug-likeness (QED) is 0.664. The Labute approximate surface area is 96.0 Å². The average Bonchev–Trinajstić information content (AvgIpc) is 2.69. The largest absolute Gasteiger partial charge is 0.310 e. The molecule has 1 unspecified atom stereocenters. The number of nitrogens with one attached hydrogen (secondary N) is 1. The average molecular weight is 271 g/mol. The molecule has 1 saturated heterocycles. The van der Waals surface area contributed by atoms with Gasteiger partial charge in [-0.05, 0) is 31.0 Å². The number of hydrogen-bond acceptors (Lipinski definition) is 3. The first-order chi connectivity index (χ1) is 7.16. The monoisotopic (exact) mass is 270 g/mol. The first-order valence-corrected chi connectivity index (χ1v) is 5.64. The summed E-state index contributed by atoms with van der Waals surface area (Å²) in [5.41, 5.74) is 1.14. The summed E-state index contributed by atoms with van der Waals surface area (Å²) >= 11 is 3.30. The molecule has 1 aromatic rings. The van der Waals surface area contributed by atoms with Crippen molar-refractivity contribution >= 4 is 21.6 Å². The van der Waals surface area contributed by atoms with Crippen LogP contribution < -0.4 is 5.32 Å². The van der Waals surface area contributed by atoms with Gasteiger partial charge < -0.3 is 5.32 Å². The summed E-state index contributed by atoms with van der Waals surface area (Å²) < 4.78 is 0.764. The molecule has 1 aromatic carbocycles. The van der Waals surface area contributed by atoms with Gasteiger partial charge in [-0.1, -0.05) is 15.9 Å². The number of hydrogen-bond donors (Lipinski definition) is 1. The summed E-state index contributed by atoms with van der Waals surface area (Å²) in [6.45, 7) is 0.991. The Kier molecular flexibility index (Phi) is 3.02. The Morgan fingerprint density at radius 3 is 2.87 bits per heavy atom. The third kappa shape index (κ3) is 2.35. The molecule has 1 atom stereocenters. The zero-order chi connectivity index (χ0) is 10.8. The van der Waals surface area contributed by atoms with Crippen molar-refractivity contribution in [1.82, 2.24) is 5.32 Å². The molecule has 0 saturated carbocycles. The van der Waals surface area contributed by atoms with E-state index in [0.717, 1.165) is 29.4 Å². The number of non-ortho nitro benzene ring substituents is 1. The molecule has 5 heteroatoms. The van der Waals surface area contributed by atoms with E-state index in [2.05, 4.69) is 21.2 Å². The van der Waals surface area contributed by atoms with Gasteiger partial charge in [-0.15, -0.1) is 0 Å². The fourth-order valence-electron chi connectivity index (χ4n) is 1.87. The predicted molar refractivity (Wildman–Crippen MR) is 60.8 cm³/mol. The highest BCUT2D eigenvalue weighted by molar-refractivity contribution is 9.10. The molecule has 2 rings (SSSR count). The molecule has 0 aliphatic carbocycles. The summed E-state index contributed by atoms with van der Waals surface area (Å²) in [7, 11) is 0. The van der Waals surface area contributed by atoms with Gasteiger partial charge in [0.05, 0.1) is 4.92 Å². The second-order valence-electron chi connectivity index (χ2n) is 3.65. The standard InChI is InChI=1S/C10H11BrN2O2/c11-8-4-7(10-2-1-3-12-10)5-9(6-8)13(14)15/h4-6,10,12H,1-3H2. The first-order valence-electron chi connectivity index (χ1n) is 4.85. The minimum absolute atomic E-state index is 0.146. The molecule has 0 aromatic heterocycles. The summed E-state index contributed by atoms with van der Waals surface area (Å²) in [5.74, 6) is 0. The van der Waals surface area contributed by atoms with E-state index in [0.29, 0.717) is 0 Å². The highest BCUT2D eigenvalue weighted by Crippen LogP contribution is 2.29. The molecule has 1 aliphatic heterocycles. The summed E-state index contributed by atoms with van der Waals surface area (Å²) in [4.78, 5) is 10.3. The highest BCUT2D eigenvalue weighted by Gasteiger charge is 2.19. The van der Waals surface area contributed by atoms with Crippen LogP contribution in [0.1, 0.15) is 24.4 Å². The van der Waals surface area contributed by atoms with E-state index in [9.17, 15) is 10.1 Å². The second kappa shape index (κ2) is 4.28. The molecule has 0 radical (unpaired) electrons. The number of nitrogens with zero attached hydrogens (tertiary/aromatic N) is 1. The maximum Gasteiger partial charge on any atom is 0.270 e. The van der Waals surface area contributed by atoms with Crippen molar-refractivity contribution in [2.45, 2.75) is 18.9 Å². The van der Waals surface area contributed by atoms with Crippen molar-refractivity contribution in [3.8, 4) is 0 Å². The van der Waals surface area contributed by atoms with Gasteiger partial charge in [0.15, 0.2) is 0 Å². The van der Waals surface area contributed by atoms with Crippen LogP contribution in [0.3, 0.4) is 0 Å². The highest BCUT2D eigenvalue weighted by atomic mass is 79.9. The van der Waals surface area contributed by atoms with Crippen LogP contribution in [0.4, 0.5) is 5.69 Å². The number of benzene rings is 1. The fourth-order valence-corrected chi connectivity index (χ4v) is 2.37. The zero-order valence-electron chi connectivity index (χ0n) is 8.07. The van der Waals surface area contributed by atoms with E-state index in [1.807, 2.05) is 6.07 Å². The van der Waals surface area contributed by atoms with Crippen molar-refractivity contribution in [1.29, 1.82) is 0 Å². The van der Waals surface area contributed by atoms with Crippen LogP contribution in [0.2, 0.25) is 0 Å². The summed E-state index contributed by atoms with van der Waals surface area (Å²) in [6.07, 6.45) is 2.18. The van der Waals surface area contributed by atoms with E-state index in [1.54, 1.807) is 6.07 Å². The van der Waals surface area contributed by atoms with Crippen LogP contribution >= 0.6 is 15.9 Å². The Morgan fingerprint density at radius 2 is 2.27 bits per heavy atom. The van der Waals surface area contributed by atoms with Gasteiger partial charge in [0, 0.05) is 22.6 Å². The third-order valence-corrected chi connectivity index (χ3v) is 3.04. The van der Waals surface area contributed by atoms with Crippen molar-refractivity contribution in [3.05, 3.63) is 38.3 Å². The minimum atomic E-state index is -0.358. The van der Waals surface area contributed by atoms with Crippen LogP contribution in [0, 0.1) is 10.1 Å².